The molecule has 0 heterocycles. The van der Waals surface area contributed by atoms with Crippen molar-refractivity contribution in [1.29, 1.82) is 0 Å². The molecule has 1 amide bonds. The summed E-state index contributed by atoms with van der Waals surface area (Å²) in [7, 11) is 0. The van der Waals surface area contributed by atoms with E-state index >= 15 is 0 Å². The Kier molecular flexibility index (Phi) is 6.22. The van der Waals surface area contributed by atoms with Crippen LogP contribution in [0.15, 0.2) is 42.5 Å². The average Bonchev–Trinajstić information content (AvgIpc) is 2.68. The standard InChI is InChI=1S/C22H24FNO3/c1-15(18-9-8-17-4-2-3-5-19(17)13-18)24-21(25)14-27-22(26)12-16-6-10-20(23)11-7-16/h6-11,13,15H,2-5,12,14H2,1H3,(H,24,25). The first-order valence-corrected chi connectivity index (χ1v) is 9.32. The Labute approximate surface area is 158 Å². The molecule has 4 nitrogen and oxygen atoms in total. The molecule has 27 heavy (non-hydrogen) atoms. The summed E-state index contributed by atoms with van der Waals surface area (Å²) in [6, 6.07) is 11.8. The summed E-state index contributed by atoms with van der Waals surface area (Å²) in [5, 5.41) is 2.86. The van der Waals surface area contributed by atoms with E-state index in [0.29, 0.717) is 5.56 Å². The predicted octanol–water partition coefficient (Wildman–Crippen LogP) is 3.67. The third kappa shape index (κ3) is 5.39. The number of esters is 1. The number of hydrogen-bond acceptors (Lipinski definition) is 3. The Morgan fingerprint density at radius 1 is 1.07 bits per heavy atom. The van der Waals surface area contributed by atoms with Crippen LogP contribution in [0.2, 0.25) is 0 Å². The second-order valence-corrected chi connectivity index (χ2v) is 6.99. The van der Waals surface area contributed by atoms with Gasteiger partial charge < -0.3 is 10.1 Å². The van der Waals surface area contributed by atoms with Crippen LogP contribution in [0.25, 0.3) is 0 Å². The normalized spacial score (nSPS) is 14.1. The van der Waals surface area contributed by atoms with Crippen molar-refractivity contribution in [3.8, 4) is 0 Å². The number of hydrogen-bond donors (Lipinski definition) is 1. The van der Waals surface area contributed by atoms with Crippen molar-refractivity contribution in [3.63, 3.8) is 0 Å². The first-order valence-electron chi connectivity index (χ1n) is 9.32. The van der Waals surface area contributed by atoms with E-state index in [1.807, 2.05) is 6.92 Å². The molecule has 1 aliphatic carbocycles. The number of fused-ring (bicyclic) bond motifs is 1. The lowest BCUT2D eigenvalue weighted by Gasteiger charge is -2.20. The van der Waals surface area contributed by atoms with Gasteiger partial charge in [0, 0.05) is 0 Å². The molecular formula is C22H24FNO3. The molecule has 3 rings (SSSR count). The van der Waals surface area contributed by atoms with Crippen LogP contribution >= 0.6 is 0 Å². The van der Waals surface area contributed by atoms with E-state index < -0.39 is 5.97 Å². The lowest BCUT2D eigenvalue weighted by Crippen LogP contribution is -2.31. The maximum absolute atomic E-state index is 12.9. The number of aryl methyl sites for hydroxylation is 2. The minimum Gasteiger partial charge on any atom is -0.455 e. The SMILES string of the molecule is CC(NC(=O)COC(=O)Cc1ccc(F)cc1)c1ccc2c(c1)CCCC2. The maximum Gasteiger partial charge on any atom is 0.310 e. The molecule has 0 aromatic heterocycles. The summed E-state index contributed by atoms with van der Waals surface area (Å²) in [5.41, 5.74) is 4.47. The van der Waals surface area contributed by atoms with Crippen LogP contribution < -0.4 is 5.32 Å². The molecular weight excluding hydrogens is 345 g/mol. The molecule has 0 aliphatic heterocycles. The van der Waals surface area contributed by atoms with Gasteiger partial charge in [-0.2, -0.15) is 0 Å². The molecule has 1 atom stereocenters. The molecule has 0 radical (unpaired) electrons. The zero-order chi connectivity index (χ0) is 19.2. The average molecular weight is 369 g/mol. The number of halogens is 1. The molecule has 2 aromatic carbocycles. The van der Waals surface area contributed by atoms with Gasteiger partial charge in [0.15, 0.2) is 6.61 Å². The van der Waals surface area contributed by atoms with Crippen LogP contribution in [-0.2, 0) is 33.6 Å². The predicted molar refractivity (Wildman–Crippen MR) is 101 cm³/mol. The summed E-state index contributed by atoms with van der Waals surface area (Å²) in [6.45, 7) is 1.60. The van der Waals surface area contributed by atoms with E-state index in [4.69, 9.17) is 4.74 Å². The molecule has 0 bridgehead atoms. The van der Waals surface area contributed by atoms with Gasteiger partial charge in [0.1, 0.15) is 5.82 Å². The number of amides is 1. The van der Waals surface area contributed by atoms with Crippen molar-refractivity contribution in [3.05, 3.63) is 70.5 Å². The summed E-state index contributed by atoms with van der Waals surface area (Å²) in [4.78, 5) is 23.9. The summed E-state index contributed by atoms with van der Waals surface area (Å²) < 4.78 is 17.9. The van der Waals surface area contributed by atoms with Gasteiger partial charge in [-0.15, -0.1) is 0 Å². The zero-order valence-electron chi connectivity index (χ0n) is 15.5. The third-order valence-corrected chi connectivity index (χ3v) is 4.88. The smallest absolute Gasteiger partial charge is 0.310 e. The monoisotopic (exact) mass is 369 g/mol. The van der Waals surface area contributed by atoms with E-state index in [1.165, 1.54) is 48.2 Å². The maximum atomic E-state index is 12.9. The van der Waals surface area contributed by atoms with Gasteiger partial charge in [-0.3, -0.25) is 9.59 Å². The largest absolute Gasteiger partial charge is 0.455 e. The van der Waals surface area contributed by atoms with Crippen LogP contribution in [0.5, 0.6) is 0 Å². The molecule has 0 saturated carbocycles. The lowest BCUT2D eigenvalue weighted by molar-refractivity contribution is -0.148. The van der Waals surface area contributed by atoms with E-state index in [2.05, 4.69) is 23.5 Å². The van der Waals surface area contributed by atoms with Crippen molar-refractivity contribution in [1.82, 2.24) is 5.32 Å². The van der Waals surface area contributed by atoms with Crippen LogP contribution in [0.3, 0.4) is 0 Å². The summed E-state index contributed by atoms with van der Waals surface area (Å²) in [5.74, 6) is -1.21. The molecule has 2 aromatic rings. The van der Waals surface area contributed by atoms with Gasteiger partial charge in [0.2, 0.25) is 0 Å². The van der Waals surface area contributed by atoms with Gasteiger partial charge in [0.05, 0.1) is 12.5 Å². The number of carbonyl (C=O) groups excluding carboxylic acids is 2. The van der Waals surface area contributed by atoms with Gasteiger partial charge >= 0.3 is 5.97 Å². The first kappa shape index (κ1) is 19.1. The molecule has 5 heteroatoms. The highest BCUT2D eigenvalue weighted by Gasteiger charge is 2.15. The van der Waals surface area contributed by atoms with Gasteiger partial charge in [-0.1, -0.05) is 30.3 Å². The van der Waals surface area contributed by atoms with Crippen LogP contribution in [-0.4, -0.2) is 18.5 Å². The number of ether oxygens (including phenoxy) is 1. The van der Waals surface area contributed by atoms with Gasteiger partial charge in [0.25, 0.3) is 5.91 Å². The van der Waals surface area contributed by atoms with Crippen molar-refractivity contribution >= 4 is 11.9 Å². The Hall–Kier alpha value is -2.69. The molecule has 0 spiro atoms. The molecule has 142 valence electrons. The second-order valence-electron chi connectivity index (χ2n) is 6.99. The number of carbonyl (C=O) groups is 2. The molecule has 0 fully saturated rings. The van der Waals surface area contributed by atoms with Crippen LogP contribution in [0, 0.1) is 5.82 Å². The van der Waals surface area contributed by atoms with Crippen LogP contribution in [0.4, 0.5) is 4.39 Å². The van der Waals surface area contributed by atoms with E-state index in [0.717, 1.165) is 18.4 Å². The van der Waals surface area contributed by atoms with E-state index in [9.17, 15) is 14.0 Å². The number of benzene rings is 2. The van der Waals surface area contributed by atoms with Crippen molar-refractivity contribution in [2.75, 3.05) is 6.61 Å². The minimum absolute atomic E-state index is 0.00787. The Morgan fingerprint density at radius 2 is 1.78 bits per heavy atom. The topological polar surface area (TPSA) is 55.4 Å². The third-order valence-electron chi connectivity index (χ3n) is 4.88. The quantitative estimate of drug-likeness (QED) is 0.791. The molecule has 0 saturated heterocycles. The Balaban J connectivity index is 1.47. The highest BCUT2D eigenvalue weighted by atomic mass is 19.1. The highest BCUT2D eigenvalue weighted by molar-refractivity contribution is 5.81. The van der Waals surface area contributed by atoms with Crippen molar-refractivity contribution in [2.45, 2.75) is 45.1 Å². The summed E-state index contributed by atoms with van der Waals surface area (Å²) in [6.07, 6.45) is 4.67. The fourth-order valence-corrected chi connectivity index (χ4v) is 3.36. The van der Waals surface area contributed by atoms with Gasteiger partial charge in [-0.05, 0) is 67.0 Å². The second kappa shape index (κ2) is 8.80. The first-order chi connectivity index (χ1) is 13.0. The fraction of sp³-hybridized carbons (Fsp3) is 0.364. The molecule has 1 N–H and O–H groups in total. The van der Waals surface area contributed by atoms with Gasteiger partial charge in [-0.25, -0.2) is 4.39 Å². The van der Waals surface area contributed by atoms with E-state index in [-0.39, 0.29) is 30.8 Å². The van der Waals surface area contributed by atoms with Crippen molar-refractivity contribution in [2.24, 2.45) is 0 Å². The lowest BCUT2D eigenvalue weighted by atomic mass is 9.89. The Bertz CT molecular complexity index is 817. The fourth-order valence-electron chi connectivity index (χ4n) is 3.36. The van der Waals surface area contributed by atoms with Crippen LogP contribution in [0.1, 0.15) is 48.1 Å². The van der Waals surface area contributed by atoms with E-state index in [1.54, 1.807) is 0 Å². The zero-order valence-corrected chi connectivity index (χ0v) is 15.5. The highest BCUT2D eigenvalue weighted by Crippen LogP contribution is 2.24. The summed E-state index contributed by atoms with van der Waals surface area (Å²) >= 11 is 0. The number of nitrogens with one attached hydrogen (secondary N) is 1. The molecule has 1 aliphatic rings. The molecule has 1 unspecified atom stereocenters. The Morgan fingerprint density at radius 3 is 2.52 bits per heavy atom. The minimum atomic E-state index is -0.516. The number of rotatable bonds is 6. The van der Waals surface area contributed by atoms with Crippen molar-refractivity contribution < 1.29 is 18.7 Å².